The number of aryl methyl sites for hydroxylation is 2. The smallest absolute Gasteiger partial charge is 0.224 e. The lowest BCUT2D eigenvalue weighted by Gasteiger charge is -2.26. The van der Waals surface area contributed by atoms with E-state index in [-0.39, 0.29) is 0 Å². The number of hydrogen-bond acceptors (Lipinski definition) is 7. The number of piperidine rings is 1. The molecule has 1 aliphatic heterocycles. The van der Waals surface area contributed by atoms with Gasteiger partial charge in [-0.25, -0.2) is 15.0 Å². The Morgan fingerprint density at radius 1 is 1.03 bits per heavy atom. The maximum atomic E-state index is 6.09. The van der Waals surface area contributed by atoms with E-state index in [1.165, 1.54) is 32.4 Å². The fourth-order valence-electron chi connectivity index (χ4n) is 4.20. The van der Waals surface area contributed by atoms with Gasteiger partial charge < -0.3 is 10.2 Å². The number of aromatic amines is 1. The van der Waals surface area contributed by atoms with E-state index >= 15 is 0 Å². The number of fused-ring (bicyclic) bond motifs is 1. The van der Waals surface area contributed by atoms with Gasteiger partial charge in [-0.3, -0.25) is 5.10 Å². The molecule has 33 heavy (non-hydrogen) atoms. The summed E-state index contributed by atoms with van der Waals surface area (Å²) in [5, 5.41) is 12.4. The Hall–Kier alpha value is -3.10. The Labute approximate surface area is 197 Å². The average Bonchev–Trinajstić information content (AvgIpc) is 3.27. The molecule has 3 aromatic heterocycles. The van der Waals surface area contributed by atoms with Crippen LogP contribution < -0.4 is 5.32 Å². The minimum Gasteiger partial charge on any atom is -0.353 e. The summed E-state index contributed by atoms with van der Waals surface area (Å²) in [5.74, 6) is 1.37. The second kappa shape index (κ2) is 10.2. The molecule has 5 rings (SSSR count). The Bertz CT molecular complexity index is 1220. The van der Waals surface area contributed by atoms with Crippen LogP contribution >= 0.6 is 11.6 Å². The number of aromatic nitrogens is 6. The van der Waals surface area contributed by atoms with Crippen LogP contribution in [0.4, 0.5) is 5.95 Å². The van der Waals surface area contributed by atoms with Gasteiger partial charge in [-0.15, -0.1) is 0 Å². The number of anilines is 1. The number of nitrogens with zero attached hydrogens (tertiary/aromatic N) is 6. The molecule has 0 unspecified atom stereocenters. The van der Waals surface area contributed by atoms with Gasteiger partial charge in [-0.1, -0.05) is 30.2 Å². The number of likely N-dealkylation sites (tertiary alicyclic amines) is 1. The Kier molecular flexibility index (Phi) is 6.73. The highest BCUT2D eigenvalue weighted by molar-refractivity contribution is 6.30. The topological polar surface area (TPSA) is 95.5 Å². The molecule has 0 amide bonds. The number of halogens is 1. The van der Waals surface area contributed by atoms with Crippen molar-refractivity contribution in [2.24, 2.45) is 0 Å². The molecule has 0 saturated carbocycles. The second-order valence-corrected chi connectivity index (χ2v) is 8.78. The summed E-state index contributed by atoms with van der Waals surface area (Å²) < 4.78 is 0. The first-order valence-electron chi connectivity index (χ1n) is 11.5. The zero-order valence-corrected chi connectivity index (χ0v) is 19.2. The molecule has 1 aliphatic rings. The van der Waals surface area contributed by atoms with Crippen LogP contribution in [0, 0.1) is 0 Å². The van der Waals surface area contributed by atoms with Gasteiger partial charge in [-0.2, -0.15) is 10.1 Å². The molecule has 1 fully saturated rings. The van der Waals surface area contributed by atoms with Gasteiger partial charge in [0.25, 0.3) is 0 Å². The van der Waals surface area contributed by atoms with E-state index in [9.17, 15) is 0 Å². The summed E-state index contributed by atoms with van der Waals surface area (Å²) in [6, 6.07) is 9.75. The van der Waals surface area contributed by atoms with Crippen molar-refractivity contribution in [3.8, 4) is 11.4 Å². The SMILES string of the molecule is Clc1cccc(CCc2nccc(-c3[nH]nc4nc(NCCN5CCCCC5)ncc34)n2)c1. The minimum atomic E-state index is 0.599. The van der Waals surface area contributed by atoms with Gasteiger partial charge in [0.1, 0.15) is 5.82 Å². The number of benzene rings is 1. The predicted octanol–water partition coefficient (Wildman–Crippen LogP) is 4.15. The standard InChI is InChI=1S/C24H27ClN8/c25-18-6-4-5-17(15-18)7-8-21-26-10-9-20(29-21)22-19-16-28-24(30-23(19)32-31-22)27-11-14-33-12-2-1-3-13-33/h4-6,9-10,15-16H,1-3,7-8,11-14H2,(H2,27,28,30,31,32). The van der Waals surface area contributed by atoms with Crippen molar-refractivity contribution in [1.29, 1.82) is 0 Å². The van der Waals surface area contributed by atoms with Crippen LogP contribution in [0.3, 0.4) is 0 Å². The van der Waals surface area contributed by atoms with Gasteiger partial charge in [0, 0.05) is 36.9 Å². The number of nitrogens with one attached hydrogen (secondary N) is 2. The van der Waals surface area contributed by atoms with Crippen LogP contribution in [0.15, 0.2) is 42.7 Å². The third-order valence-corrected chi connectivity index (χ3v) is 6.19. The molecular weight excluding hydrogens is 436 g/mol. The van der Waals surface area contributed by atoms with E-state index < -0.39 is 0 Å². The summed E-state index contributed by atoms with van der Waals surface area (Å²) in [7, 11) is 0. The van der Waals surface area contributed by atoms with Crippen LogP contribution in [-0.2, 0) is 12.8 Å². The van der Waals surface area contributed by atoms with Crippen molar-refractivity contribution in [2.45, 2.75) is 32.1 Å². The molecule has 0 aliphatic carbocycles. The van der Waals surface area contributed by atoms with Crippen molar-refractivity contribution in [2.75, 3.05) is 31.5 Å². The van der Waals surface area contributed by atoms with Crippen LogP contribution in [0.5, 0.6) is 0 Å². The van der Waals surface area contributed by atoms with Gasteiger partial charge >= 0.3 is 0 Å². The minimum absolute atomic E-state index is 0.599. The van der Waals surface area contributed by atoms with Crippen molar-refractivity contribution in [3.05, 3.63) is 59.1 Å². The summed E-state index contributed by atoms with van der Waals surface area (Å²) in [4.78, 5) is 20.7. The van der Waals surface area contributed by atoms with E-state index in [2.05, 4.69) is 41.4 Å². The van der Waals surface area contributed by atoms with Crippen LogP contribution in [0.1, 0.15) is 30.7 Å². The fourth-order valence-corrected chi connectivity index (χ4v) is 4.41. The maximum absolute atomic E-state index is 6.09. The second-order valence-electron chi connectivity index (χ2n) is 8.35. The van der Waals surface area contributed by atoms with Gasteiger partial charge in [0.05, 0.1) is 16.8 Å². The summed E-state index contributed by atoms with van der Waals surface area (Å²) in [5.41, 5.74) is 3.37. The van der Waals surface area contributed by atoms with Crippen molar-refractivity contribution in [3.63, 3.8) is 0 Å². The summed E-state index contributed by atoms with van der Waals surface area (Å²) in [6.07, 6.45) is 9.07. The van der Waals surface area contributed by atoms with Gasteiger partial charge in [-0.05, 0) is 56.1 Å². The Balaban J connectivity index is 1.25. The molecule has 1 saturated heterocycles. The van der Waals surface area contributed by atoms with Crippen molar-refractivity contribution >= 4 is 28.6 Å². The first-order chi connectivity index (χ1) is 16.2. The lowest BCUT2D eigenvalue weighted by Crippen LogP contribution is -2.33. The molecule has 0 radical (unpaired) electrons. The Morgan fingerprint density at radius 2 is 1.94 bits per heavy atom. The van der Waals surface area contributed by atoms with E-state index in [0.29, 0.717) is 11.6 Å². The molecule has 170 valence electrons. The molecule has 0 spiro atoms. The molecule has 4 aromatic rings. The molecule has 8 nitrogen and oxygen atoms in total. The van der Waals surface area contributed by atoms with Crippen molar-refractivity contribution in [1.82, 2.24) is 35.0 Å². The molecule has 0 bridgehead atoms. The van der Waals surface area contributed by atoms with Gasteiger partial charge in [0.15, 0.2) is 5.65 Å². The van der Waals surface area contributed by atoms with Crippen molar-refractivity contribution < 1.29 is 0 Å². The summed E-state index contributed by atoms with van der Waals surface area (Å²) in [6.45, 7) is 4.20. The first-order valence-corrected chi connectivity index (χ1v) is 11.9. The monoisotopic (exact) mass is 462 g/mol. The Morgan fingerprint density at radius 3 is 2.82 bits per heavy atom. The van der Waals surface area contributed by atoms with Crippen LogP contribution in [0.2, 0.25) is 5.02 Å². The fraction of sp³-hybridized carbons (Fsp3) is 0.375. The zero-order valence-electron chi connectivity index (χ0n) is 18.5. The predicted molar refractivity (Wildman–Crippen MR) is 130 cm³/mol. The van der Waals surface area contributed by atoms with E-state index in [1.807, 2.05) is 24.3 Å². The highest BCUT2D eigenvalue weighted by Gasteiger charge is 2.13. The normalized spacial score (nSPS) is 14.6. The molecule has 9 heteroatoms. The third kappa shape index (κ3) is 5.46. The molecule has 1 aromatic carbocycles. The van der Waals surface area contributed by atoms with Crippen LogP contribution in [-0.4, -0.2) is 61.2 Å². The van der Waals surface area contributed by atoms with E-state index in [4.69, 9.17) is 16.6 Å². The zero-order chi connectivity index (χ0) is 22.5. The summed E-state index contributed by atoms with van der Waals surface area (Å²) >= 11 is 6.09. The highest BCUT2D eigenvalue weighted by Crippen LogP contribution is 2.24. The first kappa shape index (κ1) is 21.7. The number of hydrogen-bond donors (Lipinski definition) is 2. The van der Waals surface area contributed by atoms with Crippen LogP contribution in [0.25, 0.3) is 22.4 Å². The molecule has 0 atom stereocenters. The van der Waals surface area contributed by atoms with Gasteiger partial charge in [0.2, 0.25) is 5.95 Å². The number of H-pyrrole nitrogens is 1. The van der Waals surface area contributed by atoms with E-state index in [1.54, 1.807) is 12.4 Å². The quantitative estimate of drug-likeness (QED) is 0.406. The molecule has 2 N–H and O–H groups in total. The molecule has 4 heterocycles. The number of rotatable bonds is 8. The third-order valence-electron chi connectivity index (χ3n) is 5.96. The lowest BCUT2D eigenvalue weighted by molar-refractivity contribution is 0.237. The molecular formula is C24H27ClN8. The van der Waals surface area contributed by atoms with E-state index in [0.717, 1.165) is 59.1 Å². The highest BCUT2D eigenvalue weighted by atomic mass is 35.5. The average molecular weight is 463 g/mol. The lowest BCUT2D eigenvalue weighted by atomic mass is 10.1. The largest absolute Gasteiger partial charge is 0.353 e. The maximum Gasteiger partial charge on any atom is 0.224 e.